The van der Waals surface area contributed by atoms with Crippen LogP contribution >= 0.6 is 23.2 Å². The van der Waals surface area contributed by atoms with Crippen molar-refractivity contribution in [3.63, 3.8) is 0 Å². The van der Waals surface area contributed by atoms with Gasteiger partial charge in [0.15, 0.2) is 0 Å². The minimum Gasteiger partial charge on any atom is -0.306 e. The predicted molar refractivity (Wildman–Crippen MR) is 80.8 cm³/mol. The van der Waals surface area contributed by atoms with Gasteiger partial charge >= 0.3 is 0 Å². The molecule has 0 saturated heterocycles. The van der Waals surface area contributed by atoms with Gasteiger partial charge in [-0.3, -0.25) is 4.98 Å². The predicted octanol–water partition coefficient (Wildman–Crippen LogP) is 4.62. The van der Waals surface area contributed by atoms with Crippen LogP contribution in [-0.4, -0.2) is 11.5 Å². The van der Waals surface area contributed by atoms with Crippen molar-refractivity contribution >= 4 is 23.2 Å². The first-order valence-corrected chi connectivity index (χ1v) is 7.16. The zero-order valence-corrected chi connectivity index (χ0v) is 12.5. The summed E-state index contributed by atoms with van der Waals surface area (Å²) in [6.07, 6.45) is 3.73. The number of hydrogen-bond donors (Lipinski definition) is 1. The fourth-order valence-corrected chi connectivity index (χ4v) is 2.60. The summed E-state index contributed by atoms with van der Waals surface area (Å²) in [7, 11) is 0. The van der Waals surface area contributed by atoms with Crippen molar-refractivity contribution in [3.05, 3.63) is 63.6 Å². The Labute approximate surface area is 127 Å². The molecule has 1 aromatic heterocycles. The van der Waals surface area contributed by atoms with Crippen LogP contribution in [0, 0.1) is 5.82 Å². The highest BCUT2D eigenvalue weighted by molar-refractivity contribution is 6.34. The van der Waals surface area contributed by atoms with E-state index in [0.717, 1.165) is 18.5 Å². The Balaban J connectivity index is 2.44. The van der Waals surface area contributed by atoms with Crippen LogP contribution < -0.4 is 5.32 Å². The van der Waals surface area contributed by atoms with Crippen molar-refractivity contribution < 1.29 is 4.39 Å². The monoisotopic (exact) mass is 312 g/mol. The molecule has 0 aliphatic carbocycles. The number of hydrogen-bond acceptors (Lipinski definition) is 2. The largest absolute Gasteiger partial charge is 0.306 e. The molecular formula is C15H15Cl2FN2. The fraction of sp³-hybridized carbons (Fsp3) is 0.267. The molecule has 20 heavy (non-hydrogen) atoms. The van der Waals surface area contributed by atoms with Crippen LogP contribution in [-0.2, 0) is 0 Å². The molecule has 0 saturated carbocycles. The maximum Gasteiger partial charge on any atom is 0.146 e. The second-order valence-electron chi connectivity index (χ2n) is 4.49. The van der Waals surface area contributed by atoms with Gasteiger partial charge in [0.25, 0.3) is 0 Å². The van der Waals surface area contributed by atoms with Crippen LogP contribution in [0.25, 0.3) is 0 Å². The molecule has 2 aromatic rings. The molecule has 1 unspecified atom stereocenters. The molecule has 0 aliphatic rings. The third-order valence-electron chi connectivity index (χ3n) is 2.93. The molecular weight excluding hydrogens is 298 g/mol. The van der Waals surface area contributed by atoms with Crippen LogP contribution in [0.3, 0.4) is 0 Å². The molecule has 0 fully saturated rings. The van der Waals surface area contributed by atoms with Crippen LogP contribution in [0.2, 0.25) is 10.0 Å². The van der Waals surface area contributed by atoms with Crippen molar-refractivity contribution in [1.82, 2.24) is 10.3 Å². The van der Waals surface area contributed by atoms with E-state index in [9.17, 15) is 4.39 Å². The van der Waals surface area contributed by atoms with Crippen molar-refractivity contribution in [2.45, 2.75) is 19.4 Å². The van der Waals surface area contributed by atoms with E-state index in [1.165, 1.54) is 6.20 Å². The average Bonchev–Trinajstić information content (AvgIpc) is 2.40. The van der Waals surface area contributed by atoms with Gasteiger partial charge in [-0.25, -0.2) is 4.39 Å². The third-order valence-corrected chi connectivity index (χ3v) is 3.37. The van der Waals surface area contributed by atoms with E-state index in [0.29, 0.717) is 15.6 Å². The van der Waals surface area contributed by atoms with E-state index >= 15 is 0 Å². The van der Waals surface area contributed by atoms with E-state index in [2.05, 4.69) is 17.2 Å². The summed E-state index contributed by atoms with van der Waals surface area (Å²) in [5, 5.41) is 4.38. The molecule has 0 aliphatic heterocycles. The van der Waals surface area contributed by atoms with E-state index in [1.807, 2.05) is 0 Å². The Morgan fingerprint density at radius 3 is 2.55 bits per heavy atom. The zero-order valence-electron chi connectivity index (χ0n) is 11.0. The molecule has 0 amide bonds. The van der Waals surface area contributed by atoms with E-state index < -0.39 is 0 Å². The summed E-state index contributed by atoms with van der Waals surface area (Å²) in [4.78, 5) is 3.78. The lowest BCUT2D eigenvalue weighted by Gasteiger charge is -2.20. The van der Waals surface area contributed by atoms with Crippen LogP contribution in [0.1, 0.15) is 30.5 Å². The highest BCUT2D eigenvalue weighted by atomic mass is 35.5. The number of halogens is 3. The van der Waals surface area contributed by atoms with Crippen molar-refractivity contribution in [2.24, 2.45) is 0 Å². The summed E-state index contributed by atoms with van der Waals surface area (Å²) < 4.78 is 14.0. The topological polar surface area (TPSA) is 24.9 Å². The summed E-state index contributed by atoms with van der Waals surface area (Å²) in [5.74, 6) is -0.350. The van der Waals surface area contributed by atoms with E-state index in [-0.39, 0.29) is 11.9 Å². The SMILES string of the molecule is CCCNC(c1cc(Cl)cc(Cl)c1)c1ccncc1F. The summed E-state index contributed by atoms with van der Waals surface area (Å²) in [6, 6.07) is 6.61. The first kappa shape index (κ1) is 15.2. The lowest BCUT2D eigenvalue weighted by molar-refractivity contribution is 0.543. The van der Waals surface area contributed by atoms with Crippen molar-refractivity contribution in [2.75, 3.05) is 6.54 Å². The summed E-state index contributed by atoms with van der Waals surface area (Å²) >= 11 is 12.1. The first-order chi connectivity index (χ1) is 9.61. The van der Waals surface area contributed by atoms with Gasteiger partial charge in [0.05, 0.1) is 12.2 Å². The second-order valence-corrected chi connectivity index (χ2v) is 5.36. The number of rotatable bonds is 5. The van der Waals surface area contributed by atoms with Gasteiger partial charge < -0.3 is 5.32 Å². The fourth-order valence-electron chi connectivity index (χ4n) is 2.06. The Hall–Kier alpha value is -1.16. The smallest absolute Gasteiger partial charge is 0.146 e. The minimum absolute atomic E-state index is 0.297. The molecule has 0 bridgehead atoms. The maximum atomic E-state index is 14.0. The average molecular weight is 313 g/mol. The van der Waals surface area contributed by atoms with Gasteiger partial charge in [0, 0.05) is 21.8 Å². The Morgan fingerprint density at radius 2 is 1.95 bits per heavy atom. The van der Waals surface area contributed by atoms with E-state index in [1.54, 1.807) is 30.5 Å². The molecule has 2 rings (SSSR count). The molecule has 2 nitrogen and oxygen atoms in total. The van der Waals surface area contributed by atoms with Gasteiger partial charge in [0.1, 0.15) is 5.82 Å². The number of nitrogens with zero attached hydrogens (tertiary/aromatic N) is 1. The molecule has 0 radical (unpaired) electrons. The van der Waals surface area contributed by atoms with Crippen LogP contribution in [0.5, 0.6) is 0 Å². The number of benzene rings is 1. The third kappa shape index (κ3) is 3.69. The van der Waals surface area contributed by atoms with Gasteiger partial charge in [-0.05, 0) is 42.8 Å². The van der Waals surface area contributed by atoms with Gasteiger partial charge in [0.2, 0.25) is 0 Å². The number of pyridine rings is 1. The molecule has 1 aromatic carbocycles. The number of aromatic nitrogens is 1. The Bertz CT molecular complexity index is 570. The highest BCUT2D eigenvalue weighted by Crippen LogP contribution is 2.28. The Morgan fingerprint density at radius 1 is 1.25 bits per heavy atom. The maximum absolute atomic E-state index is 14.0. The Kier molecular flexibility index (Phi) is 5.35. The van der Waals surface area contributed by atoms with Crippen molar-refractivity contribution in [1.29, 1.82) is 0 Å². The lowest BCUT2D eigenvalue weighted by atomic mass is 9.99. The van der Waals surface area contributed by atoms with Crippen LogP contribution in [0.15, 0.2) is 36.7 Å². The van der Waals surface area contributed by atoms with Crippen molar-refractivity contribution in [3.8, 4) is 0 Å². The number of nitrogens with one attached hydrogen (secondary N) is 1. The quantitative estimate of drug-likeness (QED) is 0.871. The zero-order chi connectivity index (χ0) is 14.5. The molecule has 5 heteroatoms. The molecule has 1 heterocycles. The van der Waals surface area contributed by atoms with E-state index in [4.69, 9.17) is 23.2 Å². The molecule has 0 spiro atoms. The normalized spacial score (nSPS) is 12.4. The van der Waals surface area contributed by atoms with Gasteiger partial charge in [-0.1, -0.05) is 30.1 Å². The molecule has 106 valence electrons. The molecule has 1 N–H and O–H groups in total. The first-order valence-electron chi connectivity index (χ1n) is 6.40. The van der Waals surface area contributed by atoms with Gasteiger partial charge in [-0.15, -0.1) is 0 Å². The van der Waals surface area contributed by atoms with Gasteiger partial charge in [-0.2, -0.15) is 0 Å². The standard InChI is InChI=1S/C15H15Cl2FN2/c1-2-4-20-15(13-3-5-19-9-14(13)18)10-6-11(16)8-12(17)7-10/h3,5-9,15,20H,2,4H2,1H3. The second kappa shape index (κ2) is 7.02. The summed E-state index contributed by atoms with van der Waals surface area (Å²) in [6.45, 7) is 2.81. The van der Waals surface area contributed by atoms with Crippen LogP contribution in [0.4, 0.5) is 4.39 Å². The highest BCUT2D eigenvalue weighted by Gasteiger charge is 2.18. The molecule has 1 atom stereocenters. The summed E-state index contributed by atoms with van der Waals surface area (Å²) in [5.41, 5.74) is 1.37. The lowest BCUT2D eigenvalue weighted by Crippen LogP contribution is -2.24. The minimum atomic E-state index is -0.350.